The van der Waals surface area contributed by atoms with Crippen molar-refractivity contribution in [3.63, 3.8) is 0 Å². The van der Waals surface area contributed by atoms with Crippen LogP contribution in [-0.2, 0) is 0 Å². The summed E-state index contributed by atoms with van der Waals surface area (Å²) in [6.45, 7) is -0.275. The summed E-state index contributed by atoms with van der Waals surface area (Å²) in [4.78, 5) is 0. The van der Waals surface area contributed by atoms with Crippen LogP contribution < -0.4 is 5.73 Å². The van der Waals surface area contributed by atoms with E-state index in [9.17, 15) is 0 Å². The largest absolute Gasteiger partial charge is 0.394 e. The van der Waals surface area contributed by atoms with Crippen LogP contribution in [0.2, 0.25) is 0 Å². The van der Waals surface area contributed by atoms with Crippen molar-refractivity contribution in [1.29, 1.82) is 0 Å². The first-order chi connectivity index (χ1) is 2.27. The average molecular weight is 91.1 g/mol. The predicted molar refractivity (Wildman–Crippen MR) is 22.0 cm³/mol. The molecule has 2 nitrogen and oxygen atoms in total. The van der Waals surface area contributed by atoms with Crippen molar-refractivity contribution in [3.05, 3.63) is 0 Å². The van der Waals surface area contributed by atoms with Crippen molar-refractivity contribution >= 4 is 12.6 Å². The quantitative estimate of drug-likeness (QED) is 0.412. The molecule has 0 rings (SSSR count). The molecule has 3 heteroatoms. The smallest absolute Gasteiger partial charge is 0.109 e. The molecule has 0 bridgehead atoms. The SMILES string of the molecule is [N]C(S)CO. The highest BCUT2D eigenvalue weighted by atomic mass is 32.1. The first-order valence-corrected chi connectivity index (χ1v) is 1.76. The summed E-state index contributed by atoms with van der Waals surface area (Å²) in [6, 6.07) is 0. The standard InChI is InChI=1S/C2H5NOS/c3-2(5)1-4/h2,4-5H,1H2. The number of hydrogen-bond donors (Lipinski definition) is 2. The van der Waals surface area contributed by atoms with Gasteiger partial charge in [-0.3, -0.25) is 0 Å². The van der Waals surface area contributed by atoms with Gasteiger partial charge >= 0.3 is 0 Å². The molecule has 0 aliphatic carbocycles. The normalized spacial score (nSPS) is 15.0. The topological polar surface area (TPSA) is 42.5 Å². The lowest BCUT2D eigenvalue weighted by Gasteiger charge is -1.86. The molecular formula is C2H5NOS. The Labute approximate surface area is 36.4 Å². The van der Waals surface area contributed by atoms with E-state index in [1.807, 2.05) is 0 Å². The first-order valence-electron chi connectivity index (χ1n) is 1.24. The molecule has 30 valence electrons. The highest BCUT2D eigenvalue weighted by Gasteiger charge is 1.86. The van der Waals surface area contributed by atoms with Crippen LogP contribution in [0.1, 0.15) is 0 Å². The van der Waals surface area contributed by atoms with E-state index in [1.165, 1.54) is 0 Å². The summed E-state index contributed by atoms with van der Waals surface area (Å²) in [6.07, 6.45) is 0. The second-order valence-corrected chi connectivity index (χ2v) is 1.26. The van der Waals surface area contributed by atoms with E-state index >= 15 is 0 Å². The van der Waals surface area contributed by atoms with Crippen molar-refractivity contribution in [2.24, 2.45) is 0 Å². The van der Waals surface area contributed by atoms with Gasteiger partial charge in [0, 0.05) is 0 Å². The average Bonchev–Trinajstić information content (AvgIpc) is 1.38. The summed E-state index contributed by atoms with van der Waals surface area (Å²) in [5.74, 6) is 0. The van der Waals surface area contributed by atoms with Gasteiger partial charge in [-0.2, -0.15) is 12.6 Å². The van der Waals surface area contributed by atoms with Gasteiger partial charge in [-0.05, 0) is 0 Å². The van der Waals surface area contributed by atoms with Crippen LogP contribution in [0.3, 0.4) is 0 Å². The maximum Gasteiger partial charge on any atom is 0.109 e. The molecule has 0 saturated heterocycles. The zero-order chi connectivity index (χ0) is 4.28. The highest BCUT2D eigenvalue weighted by Crippen LogP contribution is 1.78. The number of hydrogen-bond acceptors (Lipinski definition) is 2. The van der Waals surface area contributed by atoms with Crippen LogP contribution in [0.5, 0.6) is 0 Å². The number of aliphatic hydroxyl groups excluding tert-OH is 1. The van der Waals surface area contributed by atoms with Crippen LogP contribution in [0.25, 0.3) is 0 Å². The zero-order valence-corrected chi connectivity index (χ0v) is 3.52. The third-order valence-electron chi connectivity index (χ3n) is 0.163. The third kappa shape index (κ3) is 4.27. The molecular weight excluding hydrogens is 86.1 g/mol. The Balaban J connectivity index is 2.54. The molecule has 0 saturated carbocycles. The van der Waals surface area contributed by atoms with Crippen molar-refractivity contribution in [1.82, 2.24) is 5.73 Å². The van der Waals surface area contributed by atoms with Crippen LogP contribution in [0, 0.1) is 0 Å². The van der Waals surface area contributed by atoms with Gasteiger partial charge in [-0.15, -0.1) is 5.73 Å². The summed E-state index contributed by atoms with van der Waals surface area (Å²) < 4.78 is 0. The molecule has 0 aromatic carbocycles. The molecule has 1 atom stereocenters. The van der Waals surface area contributed by atoms with Gasteiger partial charge in [0.25, 0.3) is 0 Å². The Bertz CT molecular complexity index is 23.6. The van der Waals surface area contributed by atoms with Crippen molar-refractivity contribution in [2.45, 2.75) is 5.37 Å². The van der Waals surface area contributed by atoms with Gasteiger partial charge in [0.05, 0.1) is 6.61 Å². The molecule has 2 radical (unpaired) electrons. The Kier molecular flexibility index (Phi) is 2.64. The first kappa shape index (κ1) is 5.27. The Morgan fingerprint density at radius 2 is 2.20 bits per heavy atom. The van der Waals surface area contributed by atoms with E-state index in [0.717, 1.165) is 0 Å². The van der Waals surface area contributed by atoms with Gasteiger partial charge in [-0.1, -0.05) is 0 Å². The van der Waals surface area contributed by atoms with Gasteiger partial charge in [0.1, 0.15) is 5.37 Å². The maximum atomic E-state index is 7.98. The summed E-state index contributed by atoms with van der Waals surface area (Å²) in [5.41, 5.74) is 7.98. The number of thiol groups is 1. The van der Waals surface area contributed by atoms with Crippen LogP contribution in [0.15, 0.2) is 0 Å². The second kappa shape index (κ2) is 2.50. The number of nitrogens with zero attached hydrogens (tertiary/aromatic N) is 1. The maximum absolute atomic E-state index is 7.98. The predicted octanol–water partition coefficient (Wildman–Crippen LogP) is -0.697. The van der Waals surface area contributed by atoms with Crippen LogP contribution >= 0.6 is 12.6 Å². The van der Waals surface area contributed by atoms with E-state index in [2.05, 4.69) is 12.6 Å². The van der Waals surface area contributed by atoms with Gasteiger partial charge in [0.15, 0.2) is 0 Å². The number of aliphatic hydroxyl groups is 1. The lowest BCUT2D eigenvalue weighted by atomic mass is 10.7. The number of rotatable bonds is 1. The van der Waals surface area contributed by atoms with Gasteiger partial charge in [0.2, 0.25) is 0 Å². The van der Waals surface area contributed by atoms with E-state index in [1.54, 1.807) is 0 Å². The second-order valence-electron chi connectivity index (χ2n) is 0.663. The molecule has 0 aliphatic rings. The van der Waals surface area contributed by atoms with Crippen LogP contribution in [-0.4, -0.2) is 17.1 Å². The van der Waals surface area contributed by atoms with Gasteiger partial charge < -0.3 is 5.11 Å². The summed E-state index contributed by atoms with van der Waals surface area (Å²) in [7, 11) is 0. The lowest BCUT2D eigenvalue weighted by Crippen LogP contribution is -2.03. The molecule has 0 amide bonds. The minimum atomic E-state index is -0.866. The zero-order valence-electron chi connectivity index (χ0n) is 2.63. The van der Waals surface area contributed by atoms with Crippen LogP contribution in [0.4, 0.5) is 0 Å². The minimum Gasteiger partial charge on any atom is -0.394 e. The fourth-order valence-corrected chi connectivity index (χ4v) is 0. The summed E-state index contributed by atoms with van der Waals surface area (Å²) in [5, 5.41) is 6.95. The fraction of sp³-hybridized carbons (Fsp3) is 1.00. The molecule has 0 aliphatic heterocycles. The van der Waals surface area contributed by atoms with E-state index < -0.39 is 5.37 Å². The van der Waals surface area contributed by atoms with Crippen molar-refractivity contribution < 1.29 is 5.11 Å². The van der Waals surface area contributed by atoms with E-state index in [0.29, 0.717) is 0 Å². The molecule has 5 heavy (non-hydrogen) atoms. The molecule has 1 unspecified atom stereocenters. The molecule has 0 spiro atoms. The lowest BCUT2D eigenvalue weighted by molar-refractivity contribution is 0.295. The highest BCUT2D eigenvalue weighted by molar-refractivity contribution is 7.80. The van der Waals surface area contributed by atoms with E-state index in [-0.39, 0.29) is 6.61 Å². The van der Waals surface area contributed by atoms with Crippen molar-refractivity contribution in [3.8, 4) is 0 Å². The molecule has 0 aromatic heterocycles. The molecule has 1 N–H and O–H groups in total. The van der Waals surface area contributed by atoms with Gasteiger partial charge in [-0.25, -0.2) is 0 Å². The molecule has 0 fully saturated rings. The molecule has 0 heterocycles. The third-order valence-corrected chi connectivity index (χ3v) is 0.327. The summed E-state index contributed by atoms with van der Waals surface area (Å²) >= 11 is 3.40. The fourth-order valence-electron chi connectivity index (χ4n) is 0. The Morgan fingerprint density at radius 1 is 2.00 bits per heavy atom. The Hall–Kier alpha value is 0.270. The van der Waals surface area contributed by atoms with Crippen molar-refractivity contribution in [2.75, 3.05) is 6.61 Å². The minimum absolute atomic E-state index is 0.275. The monoisotopic (exact) mass is 91.0 g/mol. The van der Waals surface area contributed by atoms with E-state index in [4.69, 9.17) is 10.8 Å². The Morgan fingerprint density at radius 3 is 2.20 bits per heavy atom. The molecule has 0 aromatic rings.